The van der Waals surface area contributed by atoms with E-state index in [1.54, 1.807) is 14.0 Å². The largest absolute Gasteiger partial charge is 0.380 e. The fourth-order valence-electron chi connectivity index (χ4n) is 1.42. The fourth-order valence-corrected chi connectivity index (χ4v) is 1.42. The van der Waals surface area contributed by atoms with E-state index in [4.69, 9.17) is 4.74 Å². The molecule has 3 heteroatoms. The summed E-state index contributed by atoms with van der Waals surface area (Å²) in [6.45, 7) is 3.28. The van der Waals surface area contributed by atoms with Crippen LogP contribution < -0.4 is 0 Å². The van der Waals surface area contributed by atoms with Gasteiger partial charge in [0.15, 0.2) is 0 Å². The molecular formula is C8H15NO2. The fraction of sp³-hybridized carbons (Fsp3) is 0.875. The maximum absolute atomic E-state index is 10.9. The predicted octanol–water partition coefficient (Wildman–Crippen LogP) is 0.644. The van der Waals surface area contributed by atoms with Crippen molar-refractivity contribution < 1.29 is 9.53 Å². The molecule has 11 heavy (non-hydrogen) atoms. The Bertz CT molecular complexity index is 147. The van der Waals surface area contributed by atoms with Crippen LogP contribution in [0.4, 0.5) is 0 Å². The lowest BCUT2D eigenvalue weighted by Crippen LogP contribution is -2.41. The van der Waals surface area contributed by atoms with Crippen molar-refractivity contribution in [2.24, 2.45) is 0 Å². The lowest BCUT2D eigenvalue weighted by Gasteiger charge is -2.30. The van der Waals surface area contributed by atoms with Gasteiger partial charge in [0.1, 0.15) is 0 Å². The van der Waals surface area contributed by atoms with E-state index in [2.05, 4.69) is 0 Å². The first-order chi connectivity index (χ1) is 5.24. The monoisotopic (exact) mass is 157 g/mol. The highest BCUT2D eigenvalue weighted by atomic mass is 16.5. The average molecular weight is 157 g/mol. The summed E-state index contributed by atoms with van der Waals surface area (Å²) in [6, 6.07) is 0. The van der Waals surface area contributed by atoms with Gasteiger partial charge in [0.05, 0.1) is 6.10 Å². The van der Waals surface area contributed by atoms with Gasteiger partial charge in [0.2, 0.25) is 5.91 Å². The van der Waals surface area contributed by atoms with Crippen molar-refractivity contribution >= 4 is 5.91 Å². The van der Waals surface area contributed by atoms with E-state index in [1.165, 1.54) is 0 Å². The van der Waals surface area contributed by atoms with Crippen molar-refractivity contribution in [3.8, 4) is 0 Å². The molecule has 0 aromatic rings. The highest BCUT2D eigenvalue weighted by Gasteiger charge is 2.20. The molecule has 0 spiro atoms. The van der Waals surface area contributed by atoms with E-state index in [-0.39, 0.29) is 12.0 Å². The molecule has 1 aliphatic rings. The second-order valence-corrected chi connectivity index (χ2v) is 2.96. The Labute approximate surface area is 67.3 Å². The molecule has 1 fully saturated rings. The molecule has 0 aliphatic carbocycles. The molecule has 1 atom stereocenters. The van der Waals surface area contributed by atoms with Crippen LogP contribution in [-0.4, -0.2) is 37.1 Å². The number of likely N-dealkylation sites (tertiary alicyclic amines) is 1. The van der Waals surface area contributed by atoms with Crippen molar-refractivity contribution in [3.05, 3.63) is 0 Å². The number of amides is 1. The number of methoxy groups -OCH3 is 1. The molecule has 1 rings (SSSR count). The first-order valence-corrected chi connectivity index (χ1v) is 4.02. The van der Waals surface area contributed by atoms with E-state index in [0.717, 1.165) is 25.9 Å². The van der Waals surface area contributed by atoms with Gasteiger partial charge in [0.25, 0.3) is 0 Å². The average Bonchev–Trinajstić information content (AvgIpc) is 2.05. The molecular weight excluding hydrogens is 142 g/mol. The molecule has 64 valence electrons. The van der Waals surface area contributed by atoms with Crippen molar-refractivity contribution in [2.75, 3.05) is 20.2 Å². The van der Waals surface area contributed by atoms with Crippen LogP contribution in [0.5, 0.6) is 0 Å². The van der Waals surface area contributed by atoms with Gasteiger partial charge in [-0.2, -0.15) is 0 Å². The Hall–Kier alpha value is -0.570. The van der Waals surface area contributed by atoms with E-state index >= 15 is 0 Å². The maximum atomic E-state index is 10.9. The van der Waals surface area contributed by atoms with Crippen LogP contribution >= 0.6 is 0 Å². The molecule has 0 aromatic carbocycles. The van der Waals surface area contributed by atoms with Gasteiger partial charge in [-0.25, -0.2) is 0 Å². The van der Waals surface area contributed by atoms with Gasteiger partial charge in [0, 0.05) is 27.1 Å². The van der Waals surface area contributed by atoms with Crippen LogP contribution in [0, 0.1) is 0 Å². The van der Waals surface area contributed by atoms with Crippen LogP contribution in [0.3, 0.4) is 0 Å². The van der Waals surface area contributed by atoms with E-state index in [1.807, 2.05) is 4.90 Å². The molecule has 0 bridgehead atoms. The summed E-state index contributed by atoms with van der Waals surface area (Å²) in [4.78, 5) is 12.8. The highest BCUT2D eigenvalue weighted by Crippen LogP contribution is 2.11. The molecule has 0 unspecified atom stereocenters. The number of carbonyl (C=O) groups is 1. The van der Waals surface area contributed by atoms with Crippen LogP contribution in [0.25, 0.3) is 0 Å². The summed E-state index contributed by atoms with van der Waals surface area (Å²) >= 11 is 0. The zero-order chi connectivity index (χ0) is 8.27. The number of hydrogen-bond donors (Lipinski definition) is 0. The predicted molar refractivity (Wildman–Crippen MR) is 42.3 cm³/mol. The summed E-state index contributed by atoms with van der Waals surface area (Å²) in [5.74, 6) is 0.159. The molecule has 1 aliphatic heterocycles. The van der Waals surface area contributed by atoms with Gasteiger partial charge in [-0.1, -0.05) is 0 Å². The third-order valence-corrected chi connectivity index (χ3v) is 2.16. The second kappa shape index (κ2) is 3.72. The molecule has 0 saturated carbocycles. The molecule has 3 nitrogen and oxygen atoms in total. The second-order valence-electron chi connectivity index (χ2n) is 2.96. The van der Waals surface area contributed by atoms with Crippen LogP contribution in [-0.2, 0) is 9.53 Å². The van der Waals surface area contributed by atoms with Crippen molar-refractivity contribution in [3.63, 3.8) is 0 Å². The molecule has 0 aromatic heterocycles. The molecule has 1 heterocycles. The number of piperidine rings is 1. The summed E-state index contributed by atoms with van der Waals surface area (Å²) in [6.07, 6.45) is 2.41. The Balaban J connectivity index is 2.39. The van der Waals surface area contributed by atoms with Gasteiger partial charge in [-0.05, 0) is 12.8 Å². The van der Waals surface area contributed by atoms with Gasteiger partial charge < -0.3 is 9.64 Å². The topological polar surface area (TPSA) is 29.5 Å². The first-order valence-electron chi connectivity index (χ1n) is 4.02. The smallest absolute Gasteiger partial charge is 0.219 e. The molecule has 0 radical (unpaired) electrons. The van der Waals surface area contributed by atoms with E-state index in [0.29, 0.717) is 0 Å². The Morgan fingerprint density at radius 3 is 2.91 bits per heavy atom. The Kier molecular flexibility index (Phi) is 2.88. The lowest BCUT2D eigenvalue weighted by molar-refractivity contribution is -0.132. The number of carbonyl (C=O) groups excluding carboxylic acids is 1. The van der Waals surface area contributed by atoms with Gasteiger partial charge in [-0.3, -0.25) is 4.79 Å². The minimum atomic E-state index is 0.159. The zero-order valence-corrected chi connectivity index (χ0v) is 7.17. The summed E-state index contributed by atoms with van der Waals surface area (Å²) in [7, 11) is 1.70. The maximum Gasteiger partial charge on any atom is 0.219 e. The van der Waals surface area contributed by atoms with Crippen molar-refractivity contribution in [1.82, 2.24) is 4.90 Å². The third-order valence-electron chi connectivity index (χ3n) is 2.16. The lowest BCUT2D eigenvalue weighted by atomic mass is 10.1. The number of rotatable bonds is 1. The van der Waals surface area contributed by atoms with E-state index in [9.17, 15) is 4.79 Å². The summed E-state index contributed by atoms with van der Waals surface area (Å²) in [5, 5.41) is 0. The minimum absolute atomic E-state index is 0.159. The van der Waals surface area contributed by atoms with Crippen molar-refractivity contribution in [1.29, 1.82) is 0 Å². The van der Waals surface area contributed by atoms with Crippen molar-refractivity contribution in [2.45, 2.75) is 25.9 Å². The zero-order valence-electron chi connectivity index (χ0n) is 7.17. The Morgan fingerprint density at radius 2 is 2.36 bits per heavy atom. The van der Waals surface area contributed by atoms with Crippen LogP contribution in [0.2, 0.25) is 0 Å². The van der Waals surface area contributed by atoms with E-state index < -0.39 is 0 Å². The minimum Gasteiger partial charge on any atom is -0.380 e. The summed E-state index contributed by atoms with van der Waals surface area (Å²) in [5.41, 5.74) is 0. The number of hydrogen-bond acceptors (Lipinski definition) is 2. The number of nitrogens with zero attached hydrogens (tertiary/aromatic N) is 1. The van der Waals surface area contributed by atoms with Gasteiger partial charge in [-0.15, -0.1) is 0 Å². The molecule has 1 amide bonds. The Morgan fingerprint density at radius 1 is 1.64 bits per heavy atom. The van der Waals surface area contributed by atoms with Gasteiger partial charge >= 0.3 is 0 Å². The quantitative estimate of drug-likeness (QED) is 0.559. The third kappa shape index (κ3) is 2.19. The molecule has 1 saturated heterocycles. The standard InChI is InChI=1S/C8H15NO2/c1-7(10)9-5-3-4-8(6-9)11-2/h8H,3-6H2,1-2H3/t8-/m1/s1. The normalized spacial score (nSPS) is 25.3. The highest BCUT2D eigenvalue weighted by molar-refractivity contribution is 5.73. The van der Waals surface area contributed by atoms with Crippen LogP contribution in [0.1, 0.15) is 19.8 Å². The SMILES string of the molecule is CO[C@@H]1CCCN(C(C)=O)C1. The molecule has 0 N–H and O–H groups in total. The number of ether oxygens (including phenoxy) is 1. The first kappa shape index (κ1) is 8.53. The summed E-state index contributed by atoms with van der Waals surface area (Å²) < 4.78 is 5.18. The van der Waals surface area contributed by atoms with Crippen LogP contribution in [0.15, 0.2) is 0 Å².